The lowest BCUT2D eigenvalue weighted by atomic mass is 9.99. The topological polar surface area (TPSA) is 81.4 Å². The van der Waals surface area contributed by atoms with Crippen molar-refractivity contribution >= 4 is 12.0 Å². The fourth-order valence-electron chi connectivity index (χ4n) is 0.853. The van der Waals surface area contributed by atoms with E-state index in [1.54, 1.807) is 34.6 Å². The van der Waals surface area contributed by atoms with Crippen molar-refractivity contribution in [1.82, 2.24) is 5.32 Å². The molecule has 0 fully saturated rings. The summed E-state index contributed by atoms with van der Waals surface area (Å²) >= 11 is 0. The van der Waals surface area contributed by atoms with Gasteiger partial charge in [-0.3, -0.25) is 4.79 Å². The van der Waals surface area contributed by atoms with Gasteiger partial charge in [0, 0.05) is 0 Å². The molecule has 0 spiro atoms. The molecule has 0 aromatic carbocycles. The van der Waals surface area contributed by atoms with Crippen molar-refractivity contribution in [1.29, 1.82) is 0 Å². The normalized spacial score (nSPS) is 15.3. The molecule has 0 aliphatic rings. The molecule has 3 N–H and O–H groups in total. The summed E-state index contributed by atoms with van der Waals surface area (Å²) in [6.07, 6.45) is -0.215. The average Bonchev–Trinajstić information content (AvgIpc) is 1.99. The molecule has 15 heavy (non-hydrogen) atoms. The van der Waals surface area contributed by atoms with Crippen LogP contribution in [0.4, 0.5) is 4.79 Å². The van der Waals surface area contributed by atoms with Crippen LogP contribution in [-0.4, -0.2) is 23.1 Å². The Kier molecular flexibility index (Phi) is 4.13. The van der Waals surface area contributed by atoms with Crippen molar-refractivity contribution in [3.63, 3.8) is 0 Å². The molecular formula is C10H20N2O3. The maximum absolute atomic E-state index is 11.4. The first-order valence-corrected chi connectivity index (χ1v) is 4.92. The van der Waals surface area contributed by atoms with Gasteiger partial charge in [-0.25, -0.2) is 4.79 Å². The van der Waals surface area contributed by atoms with Gasteiger partial charge >= 0.3 is 6.09 Å². The number of hydrogen-bond donors (Lipinski definition) is 2. The highest BCUT2D eigenvalue weighted by atomic mass is 16.6. The Labute approximate surface area is 90.4 Å². The number of amides is 2. The largest absolute Gasteiger partial charge is 0.444 e. The first-order valence-electron chi connectivity index (χ1n) is 4.92. The zero-order chi connectivity index (χ0) is 12.3. The molecule has 0 aliphatic heterocycles. The molecule has 5 heteroatoms. The number of primary amides is 1. The van der Waals surface area contributed by atoms with Crippen LogP contribution >= 0.6 is 0 Å². The van der Waals surface area contributed by atoms with Gasteiger partial charge in [0.15, 0.2) is 0 Å². The maximum Gasteiger partial charge on any atom is 0.408 e. The molecule has 1 atom stereocenters. The fraction of sp³-hybridized carbons (Fsp3) is 0.800. The lowest BCUT2D eigenvalue weighted by Crippen LogP contribution is -2.55. The Morgan fingerprint density at radius 3 is 2.00 bits per heavy atom. The molecule has 0 saturated carbocycles. The molecule has 0 bridgehead atoms. The standard InChI is InChI=1S/C10H20N2O3/c1-6-10(5,7(11)13)12-8(14)15-9(2,3)4/h6H2,1-5H3,(H2,11,13)(H,12,14)/t10-/m1/s1. The number of hydrogen-bond acceptors (Lipinski definition) is 3. The smallest absolute Gasteiger partial charge is 0.408 e. The van der Waals surface area contributed by atoms with E-state index in [4.69, 9.17) is 10.5 Å². The second kappa shape index (κ2) is 4.51. The summed E-state index contributed by atoms with van der Waals surface area (Å²) in [5.74, 6) is -0.573. The van der Waals surface area contributed by atoms with Gasteiger partial charge < -0.3 is 15.8 Å². The summed E-state index contributed by atoms with van der Waals surface area (Å²) in [7, 11) is 0. The van der Waals surface area contributed by atoms with E-state index >= 15 is 0 Å². The van der Waals surface area contributed by atoms with Gasteiger partial charge in [-0.15, -0.1) is 0 Å². The number of nitrogens with two attached hydrogens (primary N) is 1. The average molecular weight is 216 g/mol. The lowest BCUT2D eigenvalue weighted by molar-refractivity contribution is -0.123. The van der Waals surface area contributed by atoms with Crippen molar-refractivity contribution in [3.8, 4) is 0 Å². The Balaban J connectivity index is 4.45. The summed E-state index contributed by atoms with van der Waals surface area (Å²) in [6, 6.07) is 0. The Bertz CT molecular complexity index is 258. The van der Waals surface area contributed by atoms with Crippen LogP contribution in [0.3, 0.4) is 0 Å². The Hall–Kier alpha value is -1.26. The van der Waals surface area contributed by atoms with Gasteiger partial charge in [0.2, 0.25) is 5.91 Å². The number of nitrogens with one attached hydrogen (secondary N) is 1. The SMILES string of the molecule is CC[C@@](C)(NC(=O)OC(C)(C)C)C(N)=O. The summed E-state index contributed by atoms with van der Waals surface area (Å²) in [5, 5.41) is 2.46. The molecule has 0 aromatic heterocycles. The minimum Gasteiger partial charge on any atom is -0.444 e. The van der Waals surface area contributed by atoms with Crippen molar-refractivity contribution in [2.24, 2.45) is 5.73 Å². The van der Waals surface area contributed by atoms with Crippen molar-refractivity contribution in [3.05, 3.63) is 0 Å². The third kappa shape index (κ3) is 4.67. The third-order valence-corrected chi connectivity index (χ3v) is 2.03. The van der Waals surface area contributed by atoms with Crippen molar-refractivity contribution < 1.29 is 14.3 Å². The van der Waals surface area contributed by atoms with E-state index in [-0.39, 0.29) is 0 Å². The molecular weight excluding hydrogens is 196 g/mol. The molecule has 0 aliphatic carbocycles. The minimum atomic E-state index is -1.05. The molecule has 0 radical (unpaired) electrons. The Morgan fingerprint density at radius 1 is 1.27 bits per heavy atom. The molecule has 0 rings (SSSR count). The first-order chi connectivity index (χ1) is 6.60. The molecule has 0 heterocycles. The summed E-state index contributed by atoms with van der Waals surface area (Å²) in [6.45, 7) is 8.59. The molecule has 88 valence electrons. The number of rotatable bonds is 3. The van der Waals surface area contributed by atoms with Crippen LogP contribution in [0.1, 0.15) is 41.0 Å². The Morgan fingerprint density at radius 2 is 1.73 bits per heavy atom. The minimum absolute atomic E-state index is 0.418. The van der Waals surface area contributed by atoms with Crippen LogP contribution in [0, 0.1) is 0 Å². The van der Waals surface area contributed by atoms with Crippen LogP contribution in [0.5, 0.6) is 0 Å². The predicted octanol–water partition coefficient (Wildman–Crippen LogP) is 1.17. The highest BCUT2D eigenvalue weighted by Crippen LogP contribution is 2.11. The first kappa shape index (κ1) is 13.7. The van der Waals surface area contributed by atoms with Crippen molar-refractivity contribution in [2.75, 3.05) is 0 Å². The predicted molar refractivity (Wildman–Crippen MR) is 57.3 cm³/mol. The van der Waals surface area contributed by atoms with E-state index in [0.717, 1.165) is 0 Å². The maximum atomic E-state index is 11.4. The lowest BCUT2D eigenvalue weighted by Gasteiger charge is -2.28. The van der Waals surface area contributed by atoms with E-state index in [0.29, 0.717) is 6.42 Å². The van der Waals surface area contributed by atoms with Crippen LogP contribution in [0.2, 0.25) is 0 Å². The van der Waals surface area contributed by atoms with Crippen LogP contribution in [-0.2, 0) is 9.53 Å². The number of carbonyl (C=O) groups excluding carboxylic acids is 2. The van der Waals surface area contributed by atoms with Gasteiger partial charge in [-0.2, -0.15) is 0 Å². The van der Waals surface area contributed by atoms with E-state index in [9.17, 15) is 9.59 Å². The quantitative estimate of drug-likeness (QED) is 0.742. The number of ether oxygens (including phenoxy) is 1. The van der Waals surface area contributed by atoms with Gasteiger partial charge in [-0.05, 0) is 34.1 Å². The molecule has 0 unspecified atom stereocenters. The van der Waals surface area contributed by atoms with Gasteiger partial charge in [0.25, 0.3) is 0 Å². The summed E-state index contributed by atoms with van der Waals surface area (Å²) in [4.78, 5) is 22.5. The van der Waals surface area contributed by atoms with Gasteiger partial charge in [0.05, 0.1) is 0 Å². The zero-order valence-corrected chi connectivity index (χ0v) is 10.0. The van der Waals surface area contributed by atoms with Gasteiger partial charge in [0.1, 0.15) is 11.1 Å². The van der Waals surface area contributed by atoms with Gasteiger partial charge in [-0.1, -0.05) is 6.92 Å². The molecule has 0 saturated heterocycles. The van der Waals surface area contributed by atoms with E-state index in [1.165, 1.54) is 0 Å². The highest BCUT2D eigenvalue weighted by Gasteiger charge is 2.32. The second-order valence-corrected chi connectivity index (χ2v) is 4.68. The number of alkyl carbamates (subject to hydrolysis) is 1. The summed E-state index contributed by atoms with van der Waals surface area (Å²) in [5.41, 5.74) is 3.54. The van der Waals surface area contributed by atoms with Crippen LogP contribution in [0.25, 0.3) is 0 Å². The zero-order valence-electron chi connectivity index (χ0n) is 10.0. The van der Waals surface area contributed by atoms with E-state index in [1.807, 2.05) is 0 Å². The summed E-state index contributed by atoms with van der Waals surface area (Å²) < 4.78 is 5.03. The van der Waals surface area contributed by atoms with E-state index < -0.39 is 23.1 Å². The monoisotopic (exact) mass is 216 g/mol. The second-order valence-electron chi connectivity index (χ2n) is 4.68. The fourth-order valence-corrected chi connectivity index (χ4v) is 0.853. The molecule has 2 amide bonds. The van der Waals surface area contributed by atoms with Crippen LogP contribution in [0.15, 0.2) is 0 Å². The van der Waals surface area contributed by atoms with Crippen molar-refractivity contribution in [2.45, 2.75) is 52.2 Å². The third-order valence-electron chi connectivity index (χ3n) is 2.03. The van der Waals surface area contributed by atoms with Crippen LogP contribution < -0.4 is 11.1 Å². The molecule has 5 nitrogen and oxygen atoms in total. The number of carbonyl (C=O) groups is 2. The molecule has 0 aromatic rings. The highest BCUT2D eigenvalue weighted by molar-refractivity contribution is 5.88. The van der Waals surface area contributed by atoms with E-state index in [2.05, 4.69) is 5.32 Å².